The maximum Gasteiger partial charge on any atom is 0.271 e. The summed E-state index contributed by atoms with van der Waals surface area (Å²) in [7, 11) is 1.65. The van der Waals surface area contributed by atoms with Crippen LogP contribution in [0.3, 0.4) is 0 Å². The molecule has 3 aromatic rings. The van der Waals surface area contributed by atoms with E-state index in [-0.39, 0.29) is 5.91 Å². The normalized spacial score (nSPS) is 16.7. The van der Waals surface area contributed by atoms with Gasteiger partial charge in [0, 0.05) is 36.6 Å². The molecule has 158 valence electrons. The van der Waals surface area contributed by atoms with Crippen LogP contribution in [0.5, 0.6) is 5.75 Å². The van der Waals surface area contributed by atoms with Crippen LogP contribution in [0.25, 0.3) is 11.0 Å². The first-order chi connectivity index (χ1) is 14.7. The molecule has 1 aliphatic heterocycles. The van der Waals surface area contributed by atoms with Crippen molar-refractivity contribution in [2.24, 2.45) is 0 Å². The summed E-state index contributed by atoms with van der Waals surface area (Å²) >= 11 is 1.55. The molecular formula is C22H26N4O3S. The predicted molar refractivity (Wildman–Crippen MR) is 118 cm³/mol. The van der Waals surface area contributed by atoms with Crippen molar-refractivity contribution >= 4 is 34.2 Å². The molecule has 5 rings (SSSR count). The second-order valence-corrected chi connectivity index (χ2v) is 8.81. The molecule has 0 atom stereocenters. The summed E-state index contributed by atoms with van der Waals surface area (Å²) in [5, 5.41) is 3.07. The van der Waals surface area contributed by atoms with Crippen LogP contribution in [0, 0.1) is 0 Å². The third-order valence-corrected chi connectivity index (χ3v) is 7.18. The quantitative estimate of drug-likeness (QED) is 0.656. The van der Waals surface area contributed by atoms with E-state index in [0.717, 1.165) is 75.4 Å². The summed E-state index contributed by atoms with van der Waals surface area (Å²) in [5.41, 5.74) is 3.12. The number of hydrogen-bond donors (Lipinski definition) is 1. The van der Waals surface area contributed by atoms with Crippen LogP contribution >= 0.6 is 11.3 Å². The minimum atomic E-state index is -0.144. The Morgan fingerprint density at radius 1 is 1.23 bits per heavy atom. The zero-order valence-corrected chi connectivity index (χ0v) is 18.0. The molecule has 3 heterocycles. The minimum Gasteiger partial charge on any atom is -0.495 e. The average Bonchev–Trinajstić information content (AvgIpc) is 3.45. The Kier molecular flexibility index (Phi) is 5.45. The van der Waals surface area contributed by atoms with Gasteiger partial charge in [-0.15, -0.1) is 11.3 Å². The number of aryl methyl sites for hydroxylation is 1. The van der Waals surface area contributed by atoms with Gasteiger partial charge < -0.3 is 14.0 Å². The van der Waals surface area contributed by atoms with Crippen LogP contribution < -0.4 is 10.1 Å². The summed E-state index contributed by atoms with van der Waals surface area (Å²) < 4.78 is 13.2. The molecular weight excluding hydrogens is 400 g/mol. The van der Waals surface area contributed by atoms with E-state index in [9.17, 15) is 4.79 Å². The topological polar surface area (TPSA) is 68.6 Å². The summed E-state index contributed by atoms with van der Waals surface area (Å²) in [4.78, 5) is 22.2. The number of para-hydroxylation sites is 2. The van der Waals surface area contributed by atoms with Crippen molar-refractivity contribution in [3.63, 3.8) is 0 Å². The number of amides is 1. The van der Waals surface area contributed by atoms with E-state index < -0.39 is 0 Å². The molecule has 1 aliphatic carbocycles. The van der Waals surface area contributed by atoms with Gasteiger partial charge in [0.2, 0.25) is 5.95 Å². The monoisotopic (exact) mass is 426 g/mol. The first kappa shape index (κ1) is 19.5. The number of nitrogens with zero attached hydrogens (tertiary/aromatic N) is 3. The molecule has 2 aliphatic rings. The molecule has 1 amide bonds. The number of morpholine rings is 1. The minimum absolute atomic E-state index is 0.144. The maximum atomic E-state index is 13.2. The van der Waals surface area contributed by atoms with E-state index in [4.69, 9.17) is 14.5 Å². The van der Waals surface area contributed by atoms with Crippen molar-refractivity contribution in [2.45, 2.75) is 25.8 Å². The lowest BCUT2D eigenvalue weighted by Gasteiger charge is -2.26. The lowest BCUT2D eigenvalue weighted by Crippen LogP contribution is -2.38. The van der Waals surface area contributed by atoms with E-state index >= 15 is 0 Å². The van der Waals surface area contributed by atoms with Gasteiger partial charge in [0.25, 0.3) is 5.91 Å². The van der Waals surface area contributed by atoms with Crippen molar-refractivity contribution in [2.75, 3.05) is 45.3 Å². The fourth-order valence-electron chi connectivity index (χ4n) is 4.36. The Morgan fingerprint density at radius 3 is 2.90 bits per heavy atom. The standard InChI is InChI=1S/C22H26N4O3S/c1-28-19-15-5-4-8-18(15)30-20(19)21(27)24-22-23-16-6-2-3-7-17(16)26(22)10-9-25-11-13-29-14-12-25/h2-3,6-7H,4-5,8-14H2,1H3,(H,23,24,27). The van der Waals surface area contributed by atoms with Gasteiger partial charge in [0.05, 0.1) is 31.4 Å². The first-order valence-electron chi connectivity index (χ1n) is 10.5. The molecule has 0 bridgehead atoms. The Hall–Kier alpha value is -2.42. The number of hydrogen-bond acceptors (Lipinski definition) is 6. The number of fused-ring (bicyclic) bond motifs is 2. The average molecular weight is 427 g/mol. The number of methoxy groups -OCH3 is 1. The van der Waals surface area contributed by atoms with Gasteiger partial charge in [-0.1, -0.05) is 12.1 Å². The van der Waals surface area contributed by atoms with Crippen LogP contribution in [0.4, 0.5) is 5.95 Å². The smallest absolute Gasteiger partial charge is 0.271 e. The Balaban J connectivity index is 1.42. The summed E-state index contributed by atoms with van der Waals surface area (Å²) in [6.07, 6.45) is 3.15. The highest BCUT2D eigenvalue weighted by atomic mass is 32.1. The van der Waals surface area contributed by atoms with Gasteiger partial charge in [0.15, 0.2) is 0 Å². The lowest BCUT2D eigenvalue weighted by molar-refractivity contribution is 0.0366. The number of benzene rings is 1. The number of aromatic nitrogens is 2. The molecule has 8 heteroatoms. The molecule has 2 aromatic heterocycles. The van der Waals surface area contributed by atoms with Gasteiger partial charge in [-0.05, 0) is 31.4 Å². The largest absolute Gasteiger partial charge is 0.495 e. The fourth-order valence-corrected chi connectivity index (χ4v) is 5.62. The number of nitrogens with one attached hydrogen (secondary N) is 1. The van der Waals surface area contributed by atoms with E-state index in [1.54, 1.807) is 18.4 Å². The van der Waals surface area contributed by atoms with Crippen LogP contribution in [0.1, 0.15) is 26.5 Å². The third-order valence-electron chi connectivity index (χ3n) is 5.91. The van der Waals surface area contributed by atoms with Gasteiger partial charge in [-0.2, -0.15) is 0 Å². The van der Waals surface area contributed by atoms with E-state index in [0.29, 0.717) is 10.8 Å². The molecule has 30 heavy (non-hydrogen) atoms. The number of anilines is 1. The third kappa shape index (κ3) is 3.59. The zero-order valence-electron chi connectivity index (χ0n) is 17.1. The van der Waals surface area contributed by atoms with Crippen molar-refractivity contribution in [3.8, 4) is 5.75 Å². The number of thiophene rings is 1. The van der Waals surface area contributed by atoms with Crippen LogP contribution in [0.2, 0.25) is 0 Å². The summed E-state index contributed by atoms with van der Waals surface area (Å²) in [5.74, 6) is 1.18. The van der Waals surface area contributed by atoms with Gasteiger partial charge in [-0.25, -0.2) is 4.98 Å². The van der Waals surface area contributed by atoms with Crippen molar-refractivity contribution < 1.29 is 14.3 Å². The number of carbonyl (C=O) groups is 1. The molecule has 0 spiro atoms. The number of imidazole rings is 1. The highest BCUT2D eigenvalue weighted by molar-refractivity contribution is 7.14. The van der Waals surface area contributed by atoms with E-state index in [1.807, 2.05) is 18.2 Å². The lowest BCUT2D eigenvalue weighted by atomic mass is 10.2. The van der Waals surface area contributed by atoms with Crippen molar-refractivity contribution in [3.05, 3.63) is 39.6 Å². The first-order valence-corrected chi connectivity index (χ1v) is 11.3. The van der Waals surface area contributed by atoms with Crippen molar-refractivity contribution in [1.29, 1.82) is 0 Å². The number of carbonyl (C=O) groups excluding carboxylic acids is 1. The van der Waals surface area contributed by atoms with E-state index in [2.05, 4.69) is 20.9 Å². The molecule has 0 saturated carbocycles. The van der Waals surface area contributed by atoms with Crippen LogP contribution in [-0.2, 0) is 24.1 Å². The van der Waals surface area contributed by atoms with Crippen LogP contribution in [-0.4, -0.2) is 60.3 Å². The predicted octanol–water partition coefficient (Wildman–Crippen LogP) is 3.18. The van der Waals surface area contributed by atoms with Crippen molar-refractivity contribution in [1.82, 2.24) is 14.5 Å². The molecule has 1 aromatic carbocycles. The SMILES string of the molecule is COc1c(C(=O)Nc2nc3ccccc3n2CCN2CCOCC2)sc2c1CCC2. The Bertz CT molecular complexity index is 1070. The summed E-state index contributed by atoms with van der Waals surface area (Å²) in [6, 6.07) is 8.02. The molecule has 7 nitrogen and oxygen atoms in total. The fraction of sp³-hybridized carbons (Fsp3) is 0.455. The van der Waals surface area contributed by atoms with Gasteiger partial charge in [-0.3, -0.25) is 15.0 Å². The summed E-state index contributed by atoms with van der Waals surface area (Å²) in [6.45, 7) is 5.07. The zero-order chi connectivity index (χ0) is 20.5. The molecule has 0 radical (unpaired) electrons. The maximum absolute atomic E-state index is 13.2. The van der Waals surface area contributed by atoms with Crippen LogP contribution in [0.15, 0.2) is 24.3 Å². The second kappa shape index (κ2) is 8.37. The highest BCUT2D eigenvalue weighted by Gasteiger charge is 2.27. The van der Waals surface area contributed by atoms with Gasteiger partial charge >= 0.3 is 0 Å². The Labute approximate surface area is 179 Å². The second-order valence-electron chi connectivity index (χ2n) is 7.70. The molecule has 1 fully saturated rings. The molecule has 1 saturated heterocycles. The Morgan fingerprint density at radius 2 is 2.07 bits per heavy atom. The van der Waals surface area contributed by atoms with Gasteiger partial charge in [0.1, 0.15) is 10.6 Å². The van der Waals surface area contributed by atoms with E-state index in [1.165, 1.54) is 10.4 Å². The number of rotatable bonds is 6. The number of ether oxygens (including phenoxy) is 2. The molecule has 1 N–H and O–H groups in total. The molecule has 0 unspecified atom stereocenters. The highest BCUT2D eigenvalue weighted by Crippen LogP contribution is 2.41.